The molecule has 0 saturated carbocycles. The predicted octanol–water partition coefficient (Wildman–Crippen LogP) is 5.58. The molecule has 1 fully saturated rings. The van der Waals surface area contributed by atoms with Crippen molar-refractivity contribution in [2.24, 2.45) is 0 Å². The summed E-state index contributed by atoms with van der Waals surface area (Å²) in [7, 11) is 0. The third-order valence-electron chi connectivity index (χ3n) is 6.89. The molecule has 160 valence electrons. The number of benzene rings is 3. The van der Waals surface area contributed by atoms with E-state index in [1.54, 1.807) is 0 Å². The molecule has 0 aliphatic carbocycles. The van der Waals surface area contributed by atoms with Gasteiger partial charge < -0.3 is 0 Å². The van der Waals surface area contributed by atoms with Crippen LogP contribution in [0.25, 0.3) is 0 Å². The summed E-state index contributed by atoms with van der Waals surface area (Å²) in [6.07, 6.45) is 2.81. The van der Waals surface area contributed by atoms with E-state index in [2.05, 4.69) is 70.5 Å². The van der Waals surface area contributed by atoms with Crippen LogP contribution in [0, 0.1) is 11.6 Å². The van der Waals surface area contributed by atoms with E-state index >= 15 is 0 Å². The molecule has 0 unspecified atom stereocenters. The molecule has 0 atom stereocenters. The largest absolute Gasteiger partial charge is 0.296 e. The van der Waals surface area contributed by atoms with Crippen LogP contribution in [-0.4, -0.2) is 35.5 Å². The molecule has 3 aromatic carbocycles. The van der Waals surface area contributed by atoms with Gasteiger partial charge in [0.2, 0.25) is 0 Å². The Morgan fingerprint density at radius 2 is 1.39 bits per heavy atom. The Labute approximate surface area is 183 Å². The van der Waals surface area contributed by atoms with Crippen LogP contribution in [0.5, 0.6) is 0 Å². The summed E-state index contributed by atoms with van der Waals surface area (Å²) < 4.78 is 27.8. The van der Waals surface area contributed by atoms with E-state index in [4.69, 9.17) is 0 Å². The van der Waals surface area contributed by atoms with Crippen LogP contribution in [0.3, 0.4) is 0 Å². The van der Waals surface area contributed by atoms with Crippen molar-refractivity contribution in [3.63, 3.8) is 0 Å². The fraction of sp³-hybridized carbons (Fsp3) is 0.333. The highest BCUT2D eigenvalue weighted by atomic mass is 19.1. The minimum atomic E-state index is -0.471. The zero-order valence-electron chi connectivity index (χ0n) is 17.7. The maximum absolute atomic E-state index is 14.1. The van der Waals surface area contributed by atoms with E-state index in [9.17, 15) is 8.78 Å². The van der Waals surface area contributed by atoms with Crippen molar-refractivity contribution in [3.8, 4) is 0 Å². The lowest BCUT2D eigenvalue weighted by Crippen LogP contribution is -2.47. The number of piperidine rings is 1. The zero-order valence-corrected chi connectivity index (χ0v) is 17.7. The molecule has 0 radical (unpaired) electrons. The Balaban J connectivity index is 1.30. The molecule has 2 heterocycles. The number of nitrogens with zero attached hydrogens (tertiary/aromatic N) is 2. The molecule has 0 aromatic heterocycles. The molecule has 4 heteroatoms. The lowest BCUT2D eigenvalue weighted by Gasteiger charge is -2.43. The first kappa shape index (κ1) is 20.3. The number of halogens is 2. The van der Waals surface area contributed by atoms with Crippen molar-refractivity contribution < 1.29 is 8.78 Å². The summed E-state index contributed by atoms with van der Waals surface area (Å²) in [5.41, 5.74) is 4.16. The van der Waals surface area contributed by atoms with Gasteiger partial charge in [-0.3, -0.25) is 9.80 Å². The molecule has 31 heavy (non-hydrogen) atoms. The van der Waals surface area contributed by atoms with E-state index in [1.807, 2.05) is 0 Å². The van der Waals surface area contributed by atoms with Crippen LogP contribution < -0.4 is 0 Å². The number of likely N-dealkylation sites (tertiary alicyclic amines) is 1. The first-order valence-electron chi connectivity index (χ1n) is 11.2. The molecule has 5 rings (SSSR count). The molecule has 2 aliphatic heterocycles. The van der Waals surface area contributed by atoms with Crippen LogP contribution in [0.2, 0.25) is 0 Å². The second kappa shape index (κ2) is 8.89. The number of fused-ring (bicyclic) bond motifs is 1. The Hall–Kier alpha value is -2.56. The topological polar surface area (TPSA) is 6.48 Å². The predicted molar refractivity (Wildman–Crippen MR) is 120 cm³/mol. The SMILES string of the molecule is Fc1cc(F)c2c(c1)CN(C1CCN(C(c3ccccc3)c3ccccc3)CC1)CC2. The van der Waals surface area contributed by atoms with Gasteiger partial charge in [-0.2, -0.15) is 0 Å². The highest BCUT2D eigenvalue weighted by molar-refractivity contribution is 5.33. The normalized spacial score (nSPS) is 18.3. The van der Waals surface area contributed by atoms with Gasteiger partial charge >= 0.3 is 0 Å². The van der Waals surface area contributed by atoms with Gasteiger partial charge in [0.25, 0.3) is 0 Å². The van der Waals surface area contributed by atoms with Crippen LogP contribution in [0.15, 0.2) is 72.8 Å². The standard InChI is InChI=1S/C27H28F2N2/c28-23-17-22-19-31(16-13-25(22)26(29)18-23)24-11-14-30(15-12-24)27(20-7-3-1-4-8-20)21-9-5-2-6-10-21/h1-10,17-18,24,27H,11-16,19H2. The lowest BCUT2D eigenvalue weighted by molar-refractivity contribution is 0.0837. The molecular weight excluding hydrogens is 390 g/mol. The molecule has 0 amide bonds. The van der Waals surface area contributed by atoms with Gasteiger partial charge in [-0.05, 0) is 47.6 Å². The van der Waals surface area contributed by atoms with Gasteiger partial charge in [0.05, 0.1) is 6.04 Å². The number of hydrogen-bond donors (Lipinski definition) is 0. The third-order valence-corrected chi connectivity index (χ3v) is 6.89. The van der Waals surface area contributed by atoms with E-state index in [1.165, 1.54) is 17.2 Å². The fourth-order valence-electron chi connectivity index (χ4n) is 5.34. The lowest BCUT2D eigenvalue weighted by atomic mass is 9.92. The first-order valence-corrected chi connectivity index (χ1v) is 11.2. The van der Waals surface area contributed by atoms with E-state index in [0.717, 1.165) is 44.1 Å². The first-order chi connectivity index (χ1) is 15.2. The van der Waals surface area contributed by atoms with E-state index in [-0.39, 0.29) is 6.04 Å². The van der Waals surface area contributed by atoms with Crippen LogP contribution in [0.4, 0.5) is 8.78 Å². The smallest absolute Gasteiger partial charge is 0.129 e. The van der Waals surface area contributed by atoms with Crippen LogP contribution in [0.1, 0.15) is 41.1 Å². The zero-order chi connectivity index (χ0) is 21.2. The Morgan fingerprint density at radius 1 is 0.774 bits per heavy atom. The molecule has 0 spiro atoms. The van der Waals surface area contributed by atoms with Gasteiger partial charge in [0, 0.05) is 38.3 Å². The Morgan fingerprint density at radius 3 is 2.00 bits per heavy atom. The van der Waals surface area contributed by atoms with Crippen molar-refractivity contribution >= 4 is 0 Å². The second-order valence-electron chi connectivity index (χ2n) is 8.74. The van der Waals surface area contributed by atoms with E-state index in [0.29, 0.717) is 24.6 Å². The monoisotopic (exact) mass is 418 g/mol. The number of hydrogen-bond acceptors (Lipinski definition) is 2. The Bertz CT molecular complexity index is 975. The Kier molecular flexibility index (Phi) is 5.84. The third kappa shape index (κ3) is 4.28. The summed E-state index contributed by atoms with van der Waals surface area (Å²) >= 11 is 0. The second-order valence-corrected chi connectivity index (χ2v) is 8.74. The highest BCUT2D eigenvalue weighted by Gasteiger charge is 2.31. The summed E-state index contributed by atoms with van der Waals surface area (Å²) in [5, 5.41) is 0. The van der Waals surface area contributed by atoms with Crippen LogP contribution >= 0.6 is 0 Å². The molecular formula is C27H28F2N2. The van der Waals surface area contributed by atoms with Gasteiger partial charge in [-0.15, -0.1) is 0 Å². The maximum Gasteiger partial charge on any atom is 0.129 e. The molecule has 3 aromatic rings. The molecule has 0 bridgehead atoms. The van der Waals surface area contributed by atoms with Crippen molar-refractivity contribution in [3.05, 3.63) is 107 Å². The number of rotatable bonds is 4. The molecule has 2 aliphatic rings. The van der Waals surface area contributed by atoms with Gasteiger partial charge in [0.15, 0.2) is 0 Å². The average Bonchev–Trinajstić information content (AvgIpc) is 2.81. The van der Waals surface area contributed by atoms with E-state index < -0.39 is 11.6 Å². The highest BCUT2D eigenvalue weighted by Crippen LogP contribution is 2.33. The molecule has 1 saturated heterocycles. The van der Waals surface area contributed by atoms with Crippen molar-refractivity contribution in [2.45, 2.75) is 37.9 Å². The van der Waals surface area contributed by atoms with Crippen molar-refractivity contribution in [1.29, 1.82) is 0 Å². The minimum Gasteiger partial charge on any atom is -0.296 e. The fourth-order valence-corrected chi connectivity index (χ4v) is 5.34. The molecule has 0 N–H and O–H groups in total. The van der Waals surface area contributed by atoms with Crippen molar-refractivity contribution in [2.75, 3.05) is 19.6 Å². The summed E-state index contributed by atoms with van der Waals surface area (Å²) in [4.78, 5) is 5.01. The maximum atomic E-state index is 14.1. The van der Waals surface area contributed by atoms with Gasteiger partial charge in [0.1, 0.15) is 11.6 Å². The average molecular weight is 419 g/mol. The quantitative estimate of drug-likeness (QED) is 0.546. The summed E-state index contributed by atoms with van der Waals surface area (Å²) in [6, 6.07) is 24.7. The summed E-state index contributed by atoms with van der Waals surface area (Å²) in [6.45, 7) is 3.52. The summed E-state index contributed by atoms with van der Waals surface area (Å²) in [5.74, 6) is -0.862. The van der Waals surface area contributed by atoms with Gasteiger partial charge in [-0.25, -0.2) is 8.78 Å². The van der Waals surface area contributed by atoms with Gasteiger partial charge in [-0.1, -0.05) is 60.7 Å². The molecule has 2 nitrogen and oxygen atoms in total. The van der Waals surface area contributed by atoms with Crippen molar-refractivity contribution in [1.82, 2.24) is 9.80 Å². The van der Waals surface area contributed by atoms with Crippen LogP contribution in [-0.2, 0) is 13.0 Å². The minimum absolute atomic E-state index is 0.258.